The lowest BCUT2D eigenvalue weighted by Crippen LogP contribution is -2.34. The number of imidazole rings is 1. The van der Waals surface area contributed by atoms with E-state index >= 15 is 0 Å². The third-order valence-corrected chi connectivity index (χ3v) is 5.71. The number of nitrogens with one attached hydrogen (secondary N) is 2. The Kier molecular flexibility index (Phi) is 6.91. The number of aromatic nitrogens is 2. The Hall–Kier alpha value is -4.14. The summed E-state index contributed by atoms with van der Waals surface area (Å²) in [5, 5.41) is 14.1. The fourth-order valence-corrected chi connectivity index (χ4v) is 4.15. The average Bonchev–Trinajstić information content (AvgIpc) is 3.40. The smallest absolute Gasteiger partial charge is 0.407 e. The molecule has 2 amide bonds. The number of carbonyl (C=O) groups excluding carboxylic acids is 2. The molecule has 9 heteroatoms. The van der Waals surface area contributed by atoms with Gasteiger partial charge in [0.25, 0.3) is 5.91 Å². The van der Waals surface area contributed by atoms with Crippen molar-refractivity contribution in [2.75, 3.05) is 13.2 Å². The summed E-state index contributed by atoms with van der Waals surface area (Å²) in [5.74, 6) is -1.44. The molecule has 0 fully saturated rings. The van der Waals surface area contributed by atoms with Crippen LogP contribution in [0.4, 0.5) is 4.79 Å². The number of carboxylic acids is 1. The van der Waals surface area contributed by atoms with Crippen LogP contribution in [0.15, 0.2) is 61.1 Å². The first kappa shape index (κ1) is 23.0. The van der Waals surface area contributed by atoms with Crippen LogP contribution in [0.25, 0.3) is 11.1 Å². The quantitative estimate of drug-likeness (QED) is 0.449. The maximum absolute atomic E-state index is 12.3. The van der Waals surface area contributed by atoms with Crippen molar-refractivity contribution in [3.63, 3.8) is 0 Å². The number of amides is 2. The van der Waals surface area contributed by atoms with E-state index in [9.17, 15) is 14.4 Å². The van der Waals surface area contributed by atoms with Crippen molar-refractivity contribution in [1.29, 1.82) is 0 Å². The number of hydrogen-bond acceptors (Lipinski definition) is 5. The molecule has 0 aliphatic heterocycles. The molecular weight excluding hydrogens is 436 g/mol. The number of nitrogens with zero attached hydrogens (tertiary/aromatic N) is 2. The molecule has 4 rings (SSSR count). The number of carboxylic acid groups (broad SMARTS) is 1. The Labute approximate surface area is 196 Å². The Bertz CT molecular complexity index is 1160. The van der Waals surface area contributed by atoms with Gasteiger partial charge in [0.05, 0.1) is 12.7 Å². The number of ether oxygens (including phenoxy) is 1. The zero-order valence-corrected chi connectivity index (χ0v) is 18.7. The molecule has 1 aliphatic rings. The van der Waals surface area contributed by atoms with E-state index in [0.29, 0.717) is 13.1 Å². The van der Waals surface area contributed by atoms with Gasteiger partial charge in [0.15, 0.2) is 0 Å². The largest absolute Gasteiger partial charge is 0.481 e. The molecule has 3 aromatic rings. The summed E-state index contributed by atoms with van der Waals surface area (Å²) in [5.41, 5.74) is 4.82. The van der Waals surface area contributed by atoms with Gasteiger partial charge in [-0.3, -0.25) is 9.59 Å². The van der Waals surface area contributed by atoms with Crippen molar-refractivity contribution in [1.82, 2.24) is 20.2 Å². The minimum Gasteiger partial charge on any atom is -0.481 e. The predicted molar refractivity (Wildman–Crippen MR) is 124 cm³/mol. The second-order valence-corrected chi connectivity index (χ2v) is 8.22. The number of fused-ring (bicyclic) bond motifs is 3. The van der Waals surface area contributed by atoms with Crippen LogP contribution < -0.4 is 10.6 Å². The first-order valence-corrected chi connectivity index (χ1v) is 11.1. The average molecular weight is 463 g/mol. The van der Waals surface area contributed by atoms with Crippen LogP contribution in [0, 0.1) is 0 Å². The number of rotatable bonds is 9. The topological polar surface area (TPSA) is 123 Å². The van der Waals surface area contributed by atoms with E-state index in [1.165, 1.54) is 17.5 Å². The maximum Gasteiger partial charge on any atom is 0.407 e. The van der Waals surface area contributed by atoms with Crippen molar-refractivity contribution in [2.24, 2.45) is 0 Å². The van der Waals surface area contributed by atoms with Crippen molar-refractivity contribution < 1.29 is 24.2 Å². The SMILES string of the molecule is C[C@H](CC(=O)O)NC(=O)c1cn(CCNC(=O)OCC2c3ccccc3-c3ccccc32)cn1. The van der Waals surface area contributed by atoms with Gasteiger partial charge in [-0.05, 0) is 29.2 Å². The van der Waals surface area contributed by atoms with Crippen LogP contribution in [-0.4, -0.2) is 51.8 Å². The van der Waals surface area contributed by atoms with E-state index in [-0.39, 0.29) is 24.6 Å². The highest BCUT2D eigenvalue weighted by Crippen LogP contribution is 2.44. The van der Waals surface area contributed by atoms with Crippen LogP contribution in [0.3, 0.4) is 0 Å². The van der Waals surface area contributed by atoms with Crippen molar-refractivity contribution in [3.8, 4) is 11.1 Å². The molecule has 9 nitrogen and oxygen atoms in total. The fourth-order valence-electron chi connectivity index (χ4n) is 4.15. The van der Waals surface area contributed by atoms with Gasteiger partial charge in [0, 0.05) is 31.2 Å². The summed E-state index contributed by atoms with van der Waals surface area (Å²) >= 11 is 0. The Balaban J connectivity index is 1.24. The first-order chi connectivity index (χ1) is 16.4. The molecule has 0 spiro atoms. The highest BCUT2D eigenvalue weighted by molar-refractivity contribution is 5.92. The molecule has 2 aromatic carbocycles. The standard InChI is InChI=1S/C25H26N4O5/c1-16(12-23(30)31)28-24(32)22-13-29(15-27-22)11-10-26-25(33)34-14-21-19-8-4-2-6-17(19)18-7-3-5-9-20(18)21/h2-9,13,15-16,21H,10-12,14H2,1H3,(H,26,33)(H,28,32)(H,30,31)/t16-/m1/s1. The predicted octanol–water partition coefficient (Wildman–Crippen LogP) is 3.01. The third-order valence-electron chi connectivity index (χ3n) is 5.71. The monoisotopic (exact) mass is 462 g/mol. The lowest BCUT2D eigenvalue weighted by Gasteiger charge is -2.14. The molecule has 1 aliphatic carbocycles. The van der Waals surface area contributed by atoms with Crippen LogP contribution in [-0.2, 0) is 16.1 Å². The number of aliphatic carboxylic acids is 1. The zero-order valence-electron chi connectivity index (χ0n) is 18.7. The zero-order chi connectivity index (χ0) is 24.1. The Morgan fingerprint density at radius 3 is 2.38 bits per heavy atom. The van der Waals surface area contributed by atoms with Crippen LogP contribution >= 0.6 is 0 Å². The molecule has 0 saturated carbocycles. The second kappa shape index (κ2) is 10.2. The van der Waals surface area contributed by atoms with Gasteiger partial charge < -0.3 is 25.0 Å². The van der Waals surface area contributed by atoms with Gasteiger partial charge in [-0.15, -0.1) is 0 Å². The van der Waals surface area contributed by atoms with Crippen molar-refractivity contribution in [3.05, 3.63) is 77.9 Å². The summed E-state index contributed by atoms with van der Waals surface area (Å²) < 4.78 is 7.18. The van der Waals surface area contributed by atoms with Gasteiger partial charge in [0.1, 0.15) is 12.3 Å². The highest BCUT2D eigenvalue weighted by atomic mass is 16.5. The fraction of sp³-hybridized carbons (Fsp3) is 0.280. The second-order valence-electron chi connectivity index (χ2n) is 8.22. The molecular formula is C25H26N4O5. The summed E-state index contributed by atoms with van der Waals surface area (Å²) in [4.78, 5) is 39.2. The Morgan fingerprint density at radius 1 is 1.09 bits per heavy atom. The van der Waals surface area contributed by atoms with Gasteiger partial charge in [-0.2, -0.15) is 0 Å². The molecule has 1 atom stereocenters. The number of hydrogen-bond donors (Lipinski definition) is 3. The molecule has 0 bridgehead atoms. The van der Waals surface area contributed by atoms with Gasteiger partial charge in [-0.1, -0.05) is 48.5 Å². The minimum atomic E-state index is -0.988. The molecule has 0 saturated heterocycles. The molecule has 1 heterocycles. The molecule has 0 unspecified atom stereocenters. The minimum absolute atomic E-state index is 0.00334. The van der Waals surface area contributed by atoms with Crippen molar-refractivity contribution >= 4 is 18.0 Å². The van der Waals surface area contributed by atoms with E-state index < -0.39 is 24.0 Å². The Morgan fingerprint density at radius 2 is 1.74 bits per heavy atom. The molecule has 3 N–H and O–H groups in total. The summed E-state index contributed by atoms with van der Waals surface area (Å²) in [6.45, 7) is 2.55. The van der Waals surface area contributed by atoms with Crippen LogP contribution in [0.5, 0.6) is 0 Å². The molecule has 176 valence electrons. The van der Waals surface area contributed by atoms with Gasteiger partial charge in [-0.25, -0.2) is 9.78 Å². The van der Waals surface area contributed by atoms with E-state index in [2.05, 4.69) is 39.9 Å². The first-order valence-electron chi connectivity index (χ1n) is 11.1. The lowest BCUT2D eigenvalue weighted by molar-refractivity contribution is -0.137. The number of carbonyl (C=O) groups is 3. The van der Waals surface area contributed by atoms with E-state index in [1.807, 2.05) is 24.3 Å². The third kappa shape index (κ3) is 5.25. The molecule has 0 radical (unpaired) electrons. The summed E-state index contributed by atoms with van der Waals surface area (Å²) in [6, 6.07) is 15.8. The molecule has 34 heavy (non-hydrogen) atoms. The van der Waals surface area contributed by atoms with Gasteiger partial charge in [0.2, 0.25) is 0 Å². The van der Waals surface area contributed by atoms with Crippen molar-refractivity contribution in [2.45, 2.75) is 31.8 Å². The number of benzene rings is 2. The van der Waals surface area contributed by atoms with Crippen LogP contribution in [0.2, 0.25) is 0 Å². The highest BCUT2D eigenvalue weighted by Gasteiger charge is 2.28. The van der Waals surface area contributed by atoms with Gasteiger partial charge >= 0.3 is 12.1 Å². The van der Waals surface area contributed by atoms with E-state index in [1.54, 1.807) is 17.7 Å². The maximum atomic E-state index is 12.3. The summed E-state index contributed by atoms with van der Waals surface area (Å²) in [6.07, 6.45) is 2.34. The normalized spacial score (nSPS) is 13.0. The van der Waals surface area contributed by atoms with Crippen LogP contribution in [0.1, 0.15) is 40.9 Å². The lowest BCUT2D eigenvalue weighted by atomic mass is 9.98. The van der Waals surface area contributed by atoms with E-state index in [0.717, 1.165) is 11.1 Å². The molecule has 1 aromatic heterocycles. The van der Waals surface area contributed by atoms with E-state index in [4.69, 9.17) is 9.84 Å². The summed E-state index contributed by atoms with van der Waals surface area (Å²) in [7, 11) is 0. The number of alkyl carbamates (subject to hydrolysis) is 1.